The number of nitrogens with zero attached hydrogens (tertiary/aromatic N) is 2. The molecule has 2 heterocycles. The maximum Gasteiger partial charge on any atom is 0.138 e. The van der Waals surface area contributed by atoms with E-state index in [4.69, 9.17) is 7.85 Å². The summed E-state index contributed by atoms with van der Waals surface area (Å²) in [5, 5.41) is 0. The molecule has 0 unspecified atom stereocenters. The number of pyridine rings is 1. The number of aromatic nitrogens is 2. The monoisotopic (exact) mass is 220 g/mol. The van der Waals surface area contributed by atoms with Crippen molar-refractivity contribution in [3.05, 3.63) is 28.6 Å². The van der Waals surface area contributed by atoms with Crippen molar-refractivity contribution in [3.8, 4) is 0 Å². The zero-order valence-corrected chi connectivity index (χ0v) is 8.17. The summed E-state index contributed by atoms with van der Waals surface area (Å²) in [5.74, 6) is 0. The van der Waals surface area contributed by atoms with E-state index in [2.05, 4.69) is 20.9 Å². The standard InChI is InChI=1S/C8H6BBrN2/c1-5-3-12-4-6(9)7(10)2-8(12)11-5/h2-4H,1H3. The highest BCUT2D eigenvalue weighted by Gasteiger charge is 1.99. The Labute approximate surface area is 80.2 Å². The zero-order valence-electron chi connectivity index (χ0n) is 6.58. The van der Waals surface area contributed by atoms with Crippen molar-refractivity contribution in [2.75, 3.05) is 0 Å². The molecule has 58 valence electrons. The van der Waals surface area contributed by atoms with Crippen LogP contribution in [-0.2, 0) is 0 Å². The van der Waals surface area contributed by atoms with Crippen LogP contribution in [0.2, 0.25) is 0 Å². The van der Waals surface area contributed by atoms with Crippen molar-refractivity contribution in [3.63, 3.8) is 0 Å². The third-order valence-corrected chi connectivity index (χ3v) is 2.38. The van der Waals surface area contributed by atoms with E-state index >= 15 is 0 Å². The minimum atomic E-state index is 0.722. The fourth-order valence-electron chi connectivity index (χ4n) is 1.15. The van der Waals surface area contributed by atoms with E-state index < -0.39 is 0 Å². The summed E-state index contributed by atoms with van der Waals surface area (Å²) in [4.78, 5) is 4.29. The van der Waals surface area contributed by atoms with Gasteiger partial charge in [-0.25, -0.2) is 4.98 Å². The molecule has 0 fully saturated rings. The molecule has 2 aromatic heterocycles. The number of rotatable bonds is 0. The normalized spacial score (nSPS) is 10.8. The largest absolute Gasteiger partial charge is 0.307 e. The van der Waals surface area contributed by atoms with Gasteiger partial charge in [0.15, 0.2) is 0 Å². The molecule has 2 radical (unpaired) electrons. The van der Waals surface area contributed by atoms with Crippen LogP contribution in [0.15, 0.2) is 22.9 Å². The Hall–Kier alpha value is -0.765. The van der Waals surface area contributed by atoms with Gasteiger partial charge < -0.3 is 4.40 Å². The second-order valence-electron chi connectivity index (χ2n) is 2.72. The number of halogens is 1. The van der Waals surface area contributed by atoms with E-state index in [1.54, 1.807) is 0 Å². The number of hydrogen-bond acceptors (Lipinski definition) is 1. The average molecular weight is 221 g/mol. The summed E-state index contributed by atoms with van der Waals surface area (Å²) >= 11 is 3.35. The first-order valence-corrected chi connectivity index (χ1v) is 4.36. The highest BCUT2D eigenvalue weighted by Crippen LogP contribution is 2.10. The molecule has 2 nitrogen and oxygen atoms in total. The number of aryl methyl sites for hydroxylation is 1. The Morgan fingerprint density at radius 2 is 2.25 bits per heavy atom. The lowest BCUT2D eigenvalue weighted by molar-refractivity contribution is 1.19. The van der Waals surface area contributed by atoms with Gasteiger partial charge >= 0.3 is 0 Å². The molecule has 12 heavy (non-hydrogen) atoms. The minimum Gasteiger partial charge on any atom is -0.307 e. The van der Waals surface area contributed by atoms with E-state index in [1.165, 1.54) is 0 Å². The molecule has 0 saturated heterocycles. The first-order chi connectivity index (χ1) is 5.66. The topological polar surface area (TPSA) is 17.3 Å². The lowest BCUT2D eigenvalue weighted by Crippen LogP contribution is -2.06. The van der Waals surface area contributed by atoms with Gasteiger partial charge in [0.05, 0.1) is 5.69 Å². The van der Waals surface area contributed by atoms with E-state index in [0.29, 0.717) is 0 Å². The van der Waals surface area contributed by atoms with Crippen LogP contribution in [0.3, 0.4) is 0 Å². The Morgan fingerprint density at radius 1 is 1.50 bits per heavy atom. The molecule has 0 amide bonds. The molecule has 2 rings (SSSR count). The van der Waals surface area contributed by atoms with Gasteiger partial charge in [-0.3, -0.25) is 0 Å². The number of fused-ring (bicyclic) bond motifs is 1. The van der Waals surface area contributed by atoms with Crippen LogP contribution < -0.4 is 5.46 Å². The van der Waals surface area contributed by atoms with Crippen LogP contribution in [0, 0.1) is 6.92 Å². The van der Waals surface area contributed by atoms with Crippen molar-refractivity contribution in [2.45, 2.75) is 6.92 Å². The third-order valence-electron chi connectivity index (χ3n) is 1.69. The third kappa shape index (κ3) is 1.16. The fraction of sp³-hybridized carbons (Fsp3) is 0.125. The summed E-state index contributed by atoms with van der Waals surface area (Å²) in [6.07, 6.45) is 3.79. The molecular formula is C8H6BBrN2. The average Bonchev–Trinajstić information content (AvgIpc) is 2.30. The maximum atomic E-state index is 5.70. The SMILES string of the molecule is [B]c1cn2cc(C)nc2cc1Br. The quantitative estimate of drug-likeness (QED) is 0.610. The van der Waals surface area contributed by atoms with Crippen LogP contribution in [0.25, 0.3) is 5.65 Å². The van der Waals surface area contributed by atoms with Crippen LogP contribution in [-0.4, -0.2) is 17.2 Å². The van der Waals surface area contributed by atoms with Gasteiger partial charge in [-0.15, -0.1) is 0 Å². The molecule has 0 aliphatic heterocycles. The predicted octanol–water partition coefficient (Wildman–Crippen LogP) is 1.20. The van der Waals surface area contributed by atoms with Gasteiger partial charge in [-0.2, -0.15) is 0 Å². The Kier molecular flexibility index (Phi) is 1.72. The zero-order chi connectivity index (χ0) is 8.72. The van der Waals surface area contributed by atoms with Gasteiger partial charge in [0, 0.05) is 16.9 Å². The van der Waals surface area contributed by atoms with Gasteiger partial charge in [0.2, 0.25) is 0 Å². The molecule has 0 saturated carbocycles. The van der Waals surface area contributed by atoms with Gasteiger partial charge in [-0.1, -0.05) is 21.4 Å². The van der Waals surface area contributed by atoms with Crippen LogP contribution in [0.5, 0.6) is 0 Å². The molecule has 2 aromatic rings. The van der Waals surface area contributed by atoms with Crippen molar-refractivity contribution in [1.29, 1.82) is 0 Å². The van der Waals surface area contributed by atoms with Crippen LogP contribution >= 0.6 is 15.9 Å². The molecular weight excluding hydrogens is 215 g/mol. The predicted molar refractivity (Wildman–Crippen MR) is 53.0 cm³/mol. The number of hydrogen-bond donors (Lipinski definition) is 0. The molecule has 0 aliphatic carbocycles. The summed E-state index contributed by atoms with van der Waals surface area (Å²) in [7, 11) is 5.70. The summed E-state index contributed by atoms with van der Waals surface area (Å²) in [5.41, 5.74) is 2.63. The molecule has 0 bridgehead atoms. The van der Waals surface area contributed by atoms with E-state index in [-0.39, 0.29) is 0 Å². The highest BCUT2D eigenvalue weighted by molar-refractivity contribution is 9.10. The Balaban J connectivity index is 2.83. The molecule has 0 aromatic carbocycles. The summed E-state index contributed by atoms with van der Waals surface area (Å²) < 4.78 is 2.80. The fourth-order valence-corrected chi connectivity index (χ4v) is 1.46. The molecule has 4 heteroatoms. The van der Waals surface area contributed by atoms with Crippen molar-refractivity contribution < 1.29 is 0 Å². The van der Waals surface area contributed by atoms with Crippen LogP contribution in [0.1, 0.15) is 5.69 Å². The van der Waals surface area contributed by atoms with E-state index in [0.717, 1.165) is 21.3 Å². The number of imidazole rings is 1. The van der Waals surface area contributed by atoms with Crippen molar-refractivity contribution in [2.24, 2.45) is 0 Å². The van der Waals surface area contributed by atoms with Gasteiger partial charge in [-0.05, 0) is 13.0 Å². The molecule has 0 N–H and O–H groups in total. The van der Waals surface area contributed by atoms with Gasteiger partial charge in [0.25, 0.3) is 0 Å². The lowest BCUT2D eigenvalue weighted by atomic mass is 9.99. The minimum absolute atomic E-state index is 0.722. The second kappa shape index (κ2) is 2.63. The second-order valence-corrected chi connectivity index (χ2v) is 3.58. The van der Waals surface area contributed by atoms with E-state index in [9.17, 15) is 0 Å². The van der Waals surface area contributed by atoms with Crippen LogP contribution in [0.4, 0.5) is 0 Å². The van der Waals surface area contributed by atoms with Crippen molar-refractivity contribution in [1.82, 2.24) is 9.38 Å². The smallest absolute Gasteiger partial charge is 0.138 e. The molecule has 0 atom stereocenters. The first-order valence-electron chi connectivity index (χ1n) is 3.57. The maximum absolute atomic E-state index is 5.70. The van der Waals surface area contributed by atoms with Crippen molar-refractivity contribution >= 4 is 34.9 Å². The lowest BCUT2D eigenvalue weighted by Gasteiger charge is -1.98. The van der Waals surface area contributed by atoms with Gasteiger partial charge in [0.1, 0.15) is 13.5 Å². The first kappa shape index (κ1) is 7.86. The van der Waals surface area contributed by atoms with E-state index in [1.807, 2.05) is 29.8 Å². The summed E-state index contributed by atoms with van der Waals surface area (Å²) in [6.45, 7) is 1.96. The summed E-state index contributed by atoms with van der Waals surface area (Å²) in [6, 6.07) is 1.91. The Morgan fingerprint density at radius 3 is 3.00 bits per heavy atom. The highest BCUT2D eigenvalue weighted by atomic mass is 79.9. The molecule has 0 aliphatic rings. The molecule has 0 spiro atoms. The Bertz CT molecular complexity index is 397.